The van der Waals surface area contributed by atoms with Gasteiger partial charge in [-0.25, -0.2) is 0 Å². The van der Waals surface area contributed by atoms with E-state index in [-0.39, 0.29) is 11.8 Å². The van der Waals surface area contributed by atoms with Crippen molar-refractivity contribution in [1.82, 2.24) is 16.0 Å². The van der Waals surface area contributed by atoms with Gasteiger partial charge in [0.05, 0.1) is 6.54 Å². The van der Waals surface area contributed by atoms with Crippen LogP contribution in [0.5, 0.6) is 0 Å². The van der Waals surface area contributed by atoms with Crippen molar-refractivity contribution in [2.75, 3.05) is 19.6 Å². The van der Waals surface area contributed by atoms with Gasteiger partial charge in [0.2, 0.25) is 5.91 Å². The van der Waals surface area contributed by atoms with Crippen LogP contribution in [0, 0.1) is 5.92 Å². The summed E-state index contributed by atoms with van der Waals surface area (Å²) in [6, 6.07) is 0.558. The van der Waals surface area contributed by atoms with E-state index in [1.54, 1.807) is 0 Å². The third-order valence-corrected chi connectivity index (χ3v) is 3.25. The number of nitrogens with zero attached hydrogens (tertiary/aromatic N) is 1. The second-order valence-electron chi connectivity index (χ2n) is 5.33. The number of carbonyl (C=O) groups excluding carboxylic acids is 1. The first kappa shape index (κ1) is 15.8. The van der Waals surface area contributed by atoms with Gasteiger partial charge in [0.1, 0.15) is 0 Å². The maximum atomic E-state index is 11.4. The molecule has 1 amide bonds. The minimum Gasteiger partial charge on any atom is -0.357 e. The van der Waals surface area contributed by atoms with E-state index >= 15 is 0 Å². The summed E-state index contributed by atoms with van der Waals surface area (Å²) in [5.41, 5.74) is 0. The Kier molecular flexibility index (Phi) is 7.30. The molecule has 0 aromatic carbocycles. The molecule has 1 saturated carbocycles. The molecular weight excluding hydrogens is 240 g/mol. The molecule has 110 valence electrons. The fourth-order valence-electron chi connectivity index (χ4n) is 2.13. The number of aliphatic imine (C=N–C) groups is 1. The fraction of sp³-hybridized carbons (Fsp3) is 0.857. The van der Waals surface area contributed by atoms with Gasteiger partial charge in [0.25, 0.3) is 0 Å². The van der Waals surface area contributed by atoms with Gasteiger partial charge in [0, 0.05) is 25.0 Å². The van der Waals surface area contributed by atoms with Crippen LogP contribution in [0.3, 0.4) is 0 Å². The van der Waals surface area contributed by atoms with Crippen LogP contribution in [-0.2, 0) is 4.79 Å². The molecule has 0 aliphatic heterocycles. The van der Waals surface area contributed by atoms with Crippen LogP contribution in [0.1, 0.15) is 46.5 Å². The maximum Gasteiger partial charge on any atom is 0.222 e. The lowest BCUT2D eigenvalue weighted by atomic mass is 10.2. The lowest BCUT2D eigenvalue weighted by Crippen LogP contribution is -2.42. The van der Waals surface area contributed by atoms with E-state index < -0.39 is 0 Å². The minimum absolute atomic E-state index is 0.0360. The zero-order valence-corrected chi connectivity index (χ0v) is 12.5. The van der Waals surface area contributed by atoms with Crippen molar-refractivity contribution in [1.29, 1.82) is 0 Å². The molecule has 0 bridgehead atoms. The van der Waals surface area contributed by atoms with Crippen molar-refractivity contribution < 1.29 is 4.79 Å². The first-order valence-corrected chi connectivity index (χ1v) is 7.46. The molecular formula is C14H28N4O. The highest BCUT2D eigenvalue weighted by Gasteiger charge is 2.15. The Bertz CT molecular complexity index is 296. The van der Waals surface area contributed by atoms with Gasteiger partial charge in [-0.1, -0.05) is 26.7 Å². The molecule has 5 nitrogen and oxygen atoms in total. The first-order valence-electron chi connectivity index (χ1n) is 7.46. The van der Waals surface area contributed by atoms with Crippen LogP contribution in [0.25, 0.3) is 0 Å². The largest absolute Gasteiger partial charge is 0.357 e. The van der Waals surface area contributed by atoms with Gasteiger partial charge in [-0.05, 0) is 19.8 Å². The minimum atomic E-state index is 0.0360. The Morgan fingerprint density at radius 1 is 1.26 bits per heavy atom. The van der Waals surface area contributed by atoms with Crippen LogP contribution in [0.2, 0.25) is 0 Å². The number of amides is 1. The first-order chi connectivity index (χ1) is 9.13. The van der Waals surface area contributed by atoms with Gasteiger partial charge in [-0.2, -0.15) is 0 Å². The number of hydrogen-bond donors (Lipinski definition) is 3. The normalized spacial score (nSPS) is 16.7. The molecule has 0 unspecified atom stereocenters. The van der Waals surface area contributed by atoms with Crippen molar-refractivity contribution >= 4 is 11.9 Å². The van der Waals surface area contributed by atoms with Crippen molar-refractivity contribution in [3.8, 4) is 0 Å². The molecule has 0 aromatic rings. The molecule has 0 spiro atoms. The Morgan fingerprint density at radius 2 is 1.95 bits per heavy atom. The van der Waals surface area contributed by atoms with Crippen LogP contribution in [0.15, 0.2) is 4.99 Å². The molecule has 0 saturated heterocycles. The quantitative estimate of drug-likeness (QED) is 0.386. The summed E-state index contributed by atoms with van der Waals surface area (Å²) in [6.07, 6.45) is 5.08. The van der Waals surface area contributed by atoms with Crippen molar-refractivity contribution in [2.45, 2.75) is 52.5 Å². The Labute approximate surface area is 116 Å². The maximum absolute atomic E-state index is 11.4. The highest BCUT2D eigenvalue weighted by atomic mass is 16.1. The highest BCUT2D eigenvalue weighted by Crippen LogP contribution is 2.17. The summed E-state index contributed by atoms with van der Waals surface area (Å²) in [6.45, 7) is 7.91. The summed E-state index contributed by atoms with van der Waals surface area (Å²) >= 11 is 0. The third-order valence-electron chi connectivity index (χ3n) is 3.25. The van der Waals surface area contributed by atoms with E-state index in [0.29, 0.717) is 19.1 Å². The summed E-state index contributed by atoms with van der Waals surface area (Å²) in [5, 5.41) is 9.57. The third kappa shape index (κ3) is 6.45. The second kappa shape index (κ2) is 8.77. The summed E-state index contributed by atoms with van der Waals surface area (Å²) in [5.74, 6) is 0.992. The van der Waals surface area contributed by atoms with Crippen LogP contribution in [0.4, 0.5) is 0 Å². The number of hydrogen-bond acceptors (Lipinski definition) is 2. The molecule has 0 atom stereocenters. The van der Waals surface area contributed by atoms with Crippen LogP contribution < -0.4 is 16.0 Å². The van der Waals surface area contributed by atoms with Crippen LogP contribution >= 0.6 is 0 Å². The molecule has 1 aliphatic carbocycles. The molecule has 1 fully saturated rings. The van der Waals surface area contributed by atoms with Gasteiger partial charge in [0.15, 0.2) is 5.96 Å². The topological polar surface area (TPSA) is 65.5 Å². The molecule has 0 heterocycles. The fourth-order valence-corrected chi connectivity index (χ4v) is 2.13. The zero-order valence-electron chi connectivity index (χ0n) is 12.5. The summed E-state index contributed by atoms with van der Waals surface area (Å²) in [4.78, 5) is 15.9. The van der Waals surface area contributed by atoms with E-state index in [2.05, 4.69) is 27.9 Å². The molecule has 1 rings (SSSR count). The molecule has 1 aliphatic rings. The standard InChI is InChI=1S/C14H28N4O/c1-4-15-14(18-12-7-5-6-8-12)17-10-9-16-13(19)11(2)3/h11-12H,4-10H2,1-3H3,(H,16,19)(H2,15,17,18). The molecule has 5 heteroatoms. The highest BCUT2D eigenvalue weighted by molar-refractivity contribution is 5.80. The number of rotatable bonds is 6. The average Bonchev–Trinajstić information content (AvgIpc) is 2.87. The smallest absolute Gasteiger partial charge is 0.222 e. The van der Waals surface area contributed by atoms with E-state index in [1.807, 2.05) is 13.8 Å². The lowest BCUT2D eigenvalue weighted by molar-refractivity contribution is -0.123. The lowest BCUT2D eigenvalue weighted by Gasteiger charge is -2.16. The van der Waals surface area contributed by atoms with Gasteiger partial charge in [-0.3, -0.25) is 9.79 Å². The van der Waals surface area contributed by atoms with E-state index in [9.17, 15) is 4.79 Å². The van der Waals surface area contributed by atoms with Gasteiger partial charge < -0.3 is 16.0 Å². The molecule has 0 radical (unpaired) electrons. The van der Waals surface area contributed by atoms with E-state index in [4.69, 9.17) is 0 Å². The Balaban J connectivity index is 2.29. The second-order valence-corrected chi connectivity index (χ2v) is 5.33. The number of guanidine groups is 1. The van der Waals surface area contributed by atoms with Gasteiger partial charge >= 0.3 is 0 Å². The summed E-state index contributed by atoms with van der Waals surface area (Å²) < 4.78 is 0. The predicted molar refractivity (Wildman–Crippen MR) is 79.2 cm³/mol. The molecule has 3 N–H and O–H groups in total. The van der Waals surface area contributed by atoms with Gasteiger partial charge in [-0.15, -0.1) is 0 Å². The Morgan fingerprint density at radius 3 is 2.53 bits per heavy atom. The Hall–Kier alpha value is -1.26. The van der Waals surface area contributed by atoms with Crippen LogP contribution in [-0.4, -0.2) is 37.5 Å². The van der Waals surface area contributed by atoms with E-state index in [0.717, 1.165) is 12.5 Å². The van der Waals surface area contributed by atoms with E-state index in [1.165, 1.54) is 25.7 Å². The van der Waals surface area contributed by atoms with Crippen molar-refractivity contribution in [2.24, 2.45) is 10.9 Å². The van der Waals surface area contributed by atoms with Crippen molar-refractivity contribution in [3.05, 3.63) is 0 Å². The zero-order chi connectivity index (χ0) is 14.1. The molecule has 19 heavy (non-hydrogen) atoms. The predicted octanol–water partition coefficient (Wildman–Crippen LogP) is 1.26. The number of carbonyl (C=O) groups is 1. The monoisotopic (exact) mass is 268 g/mol. The number of nitrogens with one attached hydrogen (secondary N) is 3. The SMILES string of the molecule is CCNC(=NCCNC(=O)C(C)C)NC1CCCC1. The average molecular weight is 268 g/mol. The van der Waals surface area contributed by atoms with Crippen molar-refractivity contribution in [3.63, 3.8) is 0 Å². The molecule has 0 aromatic heterocycles. The summed E-state index contributed by atoms with van der Waals surface area (Å²) in [7, 11) is 0.